The summed E-state index contributed by atoms with van der Waals surface area (Å²) in [6.45, 7) is 5.47. The molecule has 1 fully saturated rings. The van der Waals surface area contributed by atoms with Crippen molar-refractivity contribution in [2.75, 3.05) is 0 Å². The molecule has 2 atom stereocenters. The summed E-state index contributed by atoms with van der Waals surface area (Å²) in [7, 11) is 0. The van der Waals surface area contributed by atoms with Crippen LogP contribution in [0, 0.1) is 17.8 Å². The van der Waals surface area contributed by atoms with Crippen LogP contribution in [0.1, 0.15) is 20.8 Å². The molecule has 0 saturated carbocycles. The fourth-order valence-electron chi connectivity index (χ4n) is 1.15. The molecule has 62 valence electrons. The Labute approximate surface area is 65.7 Å². The minimum atomic E-state index is -0.388. The monoisotopic (exact) mass is 156 g/mol. The molecule has 1 aliphatic heterocycles. The van der Waals surface area contributed by atoms with Crippen molar-refractivity contribution in [3.05, 3.63) is 0 Å². The van der Waals surface area contributed by atoms with Gasteiger partial charge in [0.2, 0.25) is 0 Å². The van der Waals surface area contributed by atoms with E-state index in [9.17, 15) is 9.59 Å². The number of hydrogen-bond donors (Lipinski definition) is 0. The highest BCUT2D eigenvalue weighted by molar-refractivity contribution is 5.90. The second-order valence-electron chi connectivity index (χ2n) is 3.18. The van der Waals surface area contributed by atoms with Gasteiger partial charge in [-0.05, 0) is 5.92 Å². The molecule has 3 heteroatoms. The minimum absolute atomic E-state index is 0.101. The molecule has 0 amide bonds. The molecule has 0 radical (unpaired) electrons. The van der Waals surface area contributed by atoms with E-state index in [-0.39, 0.29) is 29.7 Å². The fraction of sp³-hybridized carbons (Fsp3) is 0.750. The van der Waals surface area contributed by atoms with Gasteiger partial charge in [-0.25, -0.2) is 0 Å². The topological polar surface area (TPSA) is 43.4 Å². The van der Waals surface area contributed by atoms with Gasteiger partial charge < -0.3 is 4.74 Å². The summed E-state index contributed by atoms with van der Waals surface area (Å²) < 4.78 is 4.50. The second kappa shape index (κ2) is 2.64. The third-order valence-corrected chi connectivity index (χ3v) is 2.52. The van der Waals surface area contributed by atoms with Crippen molar-refractivity contribution in [3.63, 3.8) is 0 Å². The summed E-state index contributed by atoms with van der Waals surface area (Å²) in [6, 6.07) is 0. The molecule has 0 N–H and O–H groups in total. The summed E-state index contributed by atoms with van der Waals surface area (Å²) in [5.41, 5.74) is 0. The average Bonchev–Trinajstić information content (AvgIpc) is 1.97. The van der Waals surface area contributed by atoms with Crippen LogP contribution >= 0.6 is 0 Å². The molecule has 0 aromatic carbocycles. The fourth-order valence-corrected chi connectivity index (χ4v) is 1.15. The molecule has 11 heavy (non-hydrogen) atoms. The molecular formula is C8H12O3. The molecule has 1 saturated heterocycles. The molecule has 1 aliphatic rings. The van der Waals surface area contributed by atoms with Gasteiger partial charge in [0.25, 0.3) is 0 Å². The molecule has 0 bridgehead atoms. The van der Waals surface area contributed by atoms with Crippen molar-refractivity contribution in [1.82, 2.24) is 0 Å². The molecule has 1 rings (SSSR count). The smallest absolute Gasteiger partial charge is 0.316 e. The van der Waals surface area contributed by atoms with E-state index in [0.717, 1.165) is 0 Å². The van der Waals surface area contributed by atoms with E-state index < -0.39 is 0 Å². The van der Waals surface area contributed by atoms with Crippen LogP contribution in [-0.4, -0.2) is 11.9 Å². The van der Waals surface area contributed by atoms with Crippen LogP contribution in [-0.2, 0) is 14.3 Å². The second-order valence-corrected chi connectivity index (χ2v) is 3.18. The predicted octanol–water partition coefficient (Wildman–Crippen LogP) is 0.978. The molecule has 3 nitrogen and oxygen atoms in total. The lowest BCUT2D eigenvalue weighted by Gasteiger charge is -2.28. The van der Waals surface area contributed by atoms with Gasteiger partial charge >= 0.3 is 11.9 Å². The Bertz CT molecular complexity index is 178. The average molecular weight is 156 g/mol. The normalized spacial score (nSPS) is 38.6. The van der Waals surface area contributed by atoms with Gasteiger partial charge in [-0.1, -0.05) is 20.8 Å². The lowest BCUT2D eigenvalue weighted by Crippen LogP contribution is -2.38. The predicted molar refractivity (Wildman–Crippen MR) is 38.6 cm³/mol. The summed E-state index contributed by atoms with van der Waals surface area (Å²) in [4.78, 5) is 21.8. The molecule has 0 aromatic rings. The number of hydrogen-bond acceptors (Lipinski definition) is 3. The number of carbonyl (C=O) groups excluding carboxylic acids is 2. The zero-order valence-corrected chi connectivity index (χ0v) is 6.96. The molecule has 0 spiro atoms. The Kier molecular flexibility index (Phi) is 1.98. The minimum Gasteiger partial charge on any atom is -0.393 e. The van der Waals surface area contributed by atoms with E-state index in [4.69, 9.17) is 0 Å². The first-order chi connectivity index (χ1) is 5.04. The van der Waals surface area contributed by atoms with E-state index in [1.807, 2.05) is 6.92 Å². The maximum atomic E-state index is 10.9. The van der Waals surface area contributed by atoms with Gasteiger partial charge in [0, 0.05) is 0 Å². The summed E-state index contributed by atoms with van der Waals surface area (Å²) in [5.74, 6) is -0.977. The first-order valence-corrected chi connectivity index (χ1v) is 3.79. The number of ether oxygens (including phenoxy) is 1. The van der Waals surface area contributed by atoms with Crippen molar-refractivity contribution >= 4 is 11.9 Å². The molecule has 2 unspecified atom stereocenters. The van der Waals surface area contributed by atoms with Gasteiger partial charge in [0.05, 0.1) is 11.8 Å². The lowest BCUT2D eigenvalue weighted by atomic mass is 9.83. The van der Waals surface area contributed by atoms with Crippen molar-refractivity contribution in [2.24, 2.45) is 17.8 Å². The Hall–Kier alpha value is -0.860. The van der Waals surface area contributed by atoms with E-state index in [2.05, 4.69) is 4.74 Å². The van der Waals surface area contributed by atoms with E-state index in [0.29, 0.717) is 0 Å². The highest BCUT2D eigenvalue weighted by Gasteiger charge is 2.37. The van der Waals surface area contributed by atoms with Crippen LogP contribution < -0.4 is 0 Å². The van der Waals surface area contributed by atoms with Crippen LogP contribution in [0.2, 0.25) is 0 Å². The third-order valence-electron chi connectivity index (χ3n) is 2.52. The summed E-state index contributed by atoms with van der Waals surface area (Å²) >= 11 is 0. The summed E-state index contributed by atoms with van der Waals surface area (Å²) in [5, 5.41) is 0. The van der Waals surface area contributed by atoms with Gasteiger partial charge in [0.1, 0.15) is 0 Å². The first-order valence-electron chi connectivity index (χ1n) is 3.79. The highest BCUT2D eigenvalue weighted by Crippen LogP contribution is 2.27. The van der Waals surface area contributed by atoms with Gasteiger partial charge in [-0.15, -0.1) is 0 Å². The number of rotatable bonds is 0. The van der Waals surface area contributed by atoms with Gasteiger partial charge in [0.15, 0.2) is 0 Å². The highest BCUT2D eigenvalue weighted by atomic mass is 16.6. The largest absolute Gasteiger partial charge is 0.393 e. The van der Waals surface area contributed by atoms with Crippen LogP contribution in [0.4, 0.5) is 0 Å². The SMILES string of the molecule is CC1C(=O)OC(=O)C(C)C1C. The molecule has 1 heterocycles. The Morgan fingerprint density at radius 3 is 1.73 bits per heavy atom. The van der Waals surface area contributed by atoms with Gasteiger partial charge in [-0.3, -0.25) is 9.59 Å². The zero-order chi connectivity index (χ0) is 8.59. The van der Waals surface area contributed by atoms with Crippen LogP contribution in [0.15, 0.2) is 0 Å². The van der Waals surface area contributed by atoms with Crippen molar-refractivity contribution in [1.29, 1.82) is 0 Å². The van der Waals surface area contributed by atoms with Crippen molar-refractivity contribution < 1.29 is 14.3 Å². The summed E-state index contributed by atoms with van der Waals surface area (Å²) in [6.07, 6.45) is 0. The number of cyclic esters (lactones) is 2. The van der Waals surface area contributed by atoms with Crippen LogP contribution in [0.25, 0.3) is 0 Å². The van der Waals surface area contributed by atoms with Crippen LogP contribution in [0.3, 0.4) is 0 Å². The Morgan fingerprint density at radius 2 is 1.36 bits per heavy atom. The standard InChI is InChI=1S/C8H12O3/c1-4-5(2)7(9)11-8(10)6(4)3/h4-6H,1-3H3. The first kappa shape index (κ1) is 8.24. The maximum absolute atomic E-state index is 10.9. The number of esters is 2. The molecular weight excluding hydrogens is 144 g/mol. The van der Waals surface area contributed by atoms with Crippen molar-refractivity contribution in [3.8, 4) is 0 Å². The van der Waals surface area contributed by atoms with Crippen LogP contribution in [0.5, 0.6) is 0 Å². The molecule has 0 aliphatic carbocycles. The Balaban J connectivity index is 2.78. The lowest BCUT2D eigenvalue weighted by molar-refractivity contribution is -0.174. The molecule has 0 aromatic heterocycles. The number of carbonyl (C=O) groups is 2. The zero-order valence-electron chi connectivity index (χ0n) is 6.96. The van der Waals surface area contributed by atoms with E-state index in [1.165, 1.54) is 0 Å². The van der Waals surface area contributed by atoms with E-state index >= 15 is 0 Å². The van der Waals surface area contributed by atoms with Gasteiger partial charge in [-0.2, -0.15) is 0 Å². The Morgan fingerprint density at radius 1 is 1.00 bits per heavy atom. The third kappa shape index (κ3) is 1.27. The maximum Gasteiger partial charge on any atom is 0.316 e. The van der Waals surface area contributed by atoms with E-state index in [1.54, 1.807) is 13.8 Å². The van der Waals surface area contributed by atoms with Crippen molar-refractivity contribution in [2.45, 2.75) is 20.8 Å². The quantitative estimate of drug-likeness (QED) is 0.388.